The van der Waals surface area contributed by atoms with Crippen molar-refractivity contribution in [1.29, 1.82) is 0 Å². The SMILES string of the molecule is C/C=C\c1scc(C)c1C. The van der Waals surface area contributed by atoms with Gasteiger partial charge in [0.05, 0.1) is 0 Å². The molecule has 0 aliphatic rings. The summed E-state index contributed by atoms with van der Waals surface area (Å²) in [6.07, 6.45) is 4.24. The Labute approximate surface area is 66.2 Å². The number of rotatable bonds is 1. The third kappa shape index (κ3) is 1.29. The largest absolute Gasteiger partial charge is 0.144 e. The molecule has 0 N–H and O–H groups in total. The van der Waals surface area contributed by atoms with Crippen LogP contribution in [0.3, 0.4) is 0 Å². The lowest BCUT2D eigenvalue weighted by molar-refractivity contribution is 1.39. The molecule has 0 spiro atoms. The van der Waals surface area contributed by atoms with Gasteiger partial charge in [0.15, 0.2) is 0 Å². The maximum atomic E-state index is 2.20. The molecule has 1 rings (SSSR count). The molecule has 0 amide bonds. The van der Waals surface area contributed by atoms with Crippen LogP contribution >= 0.6 is 11.3 Å². The lowest BCUT2D eigenvalue weighted by atomic mass is 10.2. The molecule has 0 bridgehead atoms. The van der Waals surface area contributed by atoms with E-state index in [1.54, 1.807) is 0 Å². The van der Waals surface area contributed by atoms with Gasteiger partial charge in [0.25, 0.3) is 0 Å². The molecule has 0 aromatic carbocycles. The normalized spacial score (nSPS) is 11.1. The van der Waals surface area contributed by atoms with E-state index < -0.39 is 0 Å². The third-order valence-electron chi connectivity index (χ3n) is 1.64. The van der Waals surface area contributed by atoms with Gasteiger partial charge in [-0.15, -0.1) is 11.3 Å². The number of hydrogen-bond donors (Lipinski definition) is 0. The van der Waals surface area contributed by atoms with Crippen molar-refractivity contribution in [3.05, 3.63) is 27.5 Å². The zero-order chi connectivity index (χ0) is 7.56. The lowest BCUT2D eigenvalue weighted by Crippen LogP contribution is -1.71. The van der Waals surface area contributed by atoms with Crippen molar-refractivity contribution in [3.63, 3.8) is 0 Å². The fourth-order valence-electron chi connectivity index (χ4n) is 0.839. The maximum Gasteiger partial charge on any atom is 0.0298 e. The second-order valence-corrected chi connectivity index (χ2v) is 3.32. The van der Waals surface area contributed by atoms with E-state index in [-0.39, 0.29) is 0 Å². The van der Waals surface area contributed by atoms with Crippen LogP contribution in [-0.2, 0) is 0 Å². The molecule has 0 saturated heterocycles. The van der Waals surface area contributed by atoms with Gasteiger partial charge in [0, 0.05) is 4.88 Å². The molecular weight excluding hydrogens is 140 g/mol. The van der Waals surface area contributed by atoms with Crippen molar-refractivity contribution in [1.82, 2.24) is 0 Å². The Kier molecular flexibility index (Phi) is 2.28. The van der Waals surface area contributed by atoms with E-state index in [1.165, 1.54) is 16.0 Å². The fourth-order valence-corrected chi connectivity index (χ4v) is 1.87. The molecule has 0 fully saturated rings. The van der Waals surface area contributed by atoms with Crippen LogP contribution in [0.4, 0.5) is 0 Å². The van der Waals surface area contributed by atoms with Crippen molar-refractivity contribution in [3.8, 4) is 0 Å². The molecule has 10 heavy (non-hydrogen) atoms. The van der Waals surface area contributed by atoms with E-state index in [0.717, 1.165) is 0 Å². The number of hydrogen-bond acceptors (Lipinski definition) is 1. The van der Waals surface area contributed by atoms with Crippen LogP contribution < -0.4 is 0 Å². The van der Waals surface area contributed by atoms with Gasteiger partial charge in [-0.25, -0.2) is 0 Å². The monoisotopic (exact) mass is 152 g/mol. The molecule has 1 heteroatoms. The van der Waals surface area contributed by atoms with E-state index in [0.29, 0.717) is 0 Å². The Hall–Kier alpha value is -0.560. The highest BCUT2D eigenvalue weighted by atomic mass is 32.1. The Morgan fingerprint density at radius 2 is 2.10 bits per heavy atom. The van der Waals surface area contributed by atoms with Crippen LogP contribution in [0.15, 0.2) is 11.5 Å². The summed E-state index contributed by atoms with van der Waals surface area (Å²) in [4.78, 5) is 1.39. The predicted molar refractivity (Wildman–Crippen MR) is 48.5 cm³/mol. The first-order chi connectivity index (χ1) is 4.75. The van der Waals surface area contributed by atoms with E-state index >= 15 is 0 Å². The molecule has 0 atom stereocenters. The molecule has 54 valence electrons. The predicted octanol–water partition coefficient (Wildman–Crippen LogP) is 3.40. The minimum Gasteiger partial charge on any atom is -0.144 e. The number of allylic oxidation sites excluding steroid dienone is 1. The van der Waals surface area contributed by atoms with Gasteiger partial charge in [0.2, 0.25) is 0 Å². The van der Waals surface area contributed by atoms with Crippen LogP contribution in [0, 0.1) is 13.8 Å². The van der Waals surface area contributed by atoms with Crippen LogP contribution in [-0.4, -0.2) is 0 Å². The summed E-state index contributed by atoms with van der Waals surface area (Å²) >= 11 is 1.81. The third-order valence-corrected chi connectivity index (χ3v) is 2.81. The van der Waals surface area contributed by atoms with Crippen molar-refractivity contribution >= 4 is 17.4 Å². The summed E-state index contributed by atoms with van der Waals surface area (Å²) in [5.41, 5.74) is 2.82. The Bertz CT molecular complexity index is 243. The van der Waals surface area contributed by atoms with Crippen LogP contribution in [0.1, 0.15) is 22.9 Å². The molecule has 0 saturated carbocycles. The highest BCUT2D eigenvalue weighted by Crippen LogP contribution is 2.21. The smallest absolute Gasteiger partial charge is 0.0298 e. The summed E-state index contributed by atoms with van der Waals surface area (Å²) in [5, 5.41) is 2.20. The molecule has 0 aliphatic carbocycles. The van der Waals surface area contributed by atoms with Gasteiger partial charge < -0.3 is 0 Å². The first kappa shape index (κ1) is 7.55. The molecular formula is C9H12S. The Morgan fingerprint density at radius 1 is 1.40 bits per heavy atom. The highest BCUT2D eigenvalue weighted by Gasteiger charge is 1.98. The van der Waals surface area contributed by atoms with E-state index in [4.69, 9.17) is 0 Å². The van der Waals surface area contributed by atoms with Crippen molar-refractivity contribution in [2.75, 3.05) is 0 Å². The molecule has 1 aromatic heterocycles. The number of aryl methyl sites for hydroxylation is 1. The quantitative estimate of drug-likeness (QED) is 0.578. The minimum atomic E-state index is 1.39. The fraction of sp³-hybridized carbons (Fsp3) is 0.333. The molecule has 1 heterocycles. The average Bonchev–Trinajstić information content (AvgIpc) is 2.20. The second kappa shape index (κ2) is 3.02. The molecule has 0 radical (unpaired) electrons. The van der Waals surface area contributed by atoms with Gasteiger partial charge in [-0.2, -0.15) is 0 Å². The van der Waals surface area contributed by atoms with Gasteiger partial charge in [-0.3, -0.25) is 0 Å². The standard InChI is InChI=1S/C9H12S/c1-4-5-9-8(3)7(2)6-10-9/h4-6H,1-3H3/b5-4-. The summed E-state index contributed by atoms with van der Waals surface area (Å²) in [5.74, 6) is 0. The molecule has 1 aromatic rings. The summed E-state index contributed by atoms with van der Waals surface area (Å²) in [6.45, 7) is 6.37. The Morgan fingerprint density at radius 3 is 2.50 bits per heavy atom. The summed E-state index contributed by atoms with van der Waals surface area (Å²) < 4.78 is 0. The topological polar surface area (TPSA) is 0 Å². The molecule has 0 unspecified atom stereocenters. The highest BCUT2D eigenvalue weighted by molar-refractivity contribution is 7.11. The minimum absolute atomic E-state index is 1.39. The second-order valence-electron chi connectivity index (χ2n) is 2.41. The van der Waals surface area contributed by atoms with Gasteiger partial charge in [0.1, 0.15) is 0 Å². The molecule has 0 aliphatic heterocycles. The summed E-state index contributed by atoms with van der Waals surface area (Å²) in [7, 11) is 0. The first-order valence-corrected chi connectivity index (χ1v) is 4.31. The maximum absolute atomic E-state index is 2.20. The lowest BCUT2D eigenvalue weighted by Gasteiger charge is -1.89. The van der Waals surface area contributed by atoms with Crippen molar-refractivity contribution in [2.45, 2.75) is 20.8 Å². The van der Waals surface area contributed by atoms with Crippen molar-refractivity contribution < 1.29 is 0 Å². The zero-order valence-electron chi connectivity index (χ0n) is 6.64. The molecule has 0 nitrogen and oxygen atoms in total. The van der Waals surface area contributed by atoms with E-state index in [1.807, 2.05) is 11.3 Å². The van der Waals surface area contributed by atoms with Gasteiger partial charge in [-0.05, 0) is 43.4 Å². The van der Waals surface area contributed by atoms with Crippen LogP contribution in [0.25, 0.3) is 6.08 Å². The van der Waals surface area contributed by atoms with E-state index in [9.17, 15) is 0 Å². The average molecular weight is 152 g/mol. The van der Waals surface area contributed by atoms with Crippen LogP contribution in [0.5, 0.6) is 0 Å². The number of thiophene rings is 1. The first-order valence-electron chi connectivity index (χ1n) is 3.43. The van der Waals surface area contributed by atoms with Gasteiger partial charge in [-0.1, -0.05) is 6.08 Å². The zero-order valence-corrected chi connectivity index (χ0v) is 7.46. The van der Waals surface area contributed by atoms with Crippen molar-refractivity contribution in [2.24, 2.45) is 0 Å². The van der Waals surface area contributed by atoms with Crippen LogP contribution in [0.2, 0.25) is 0 Å². The summed E-state index contributed by atoms with van der Waals surface area (Å²) in [6, 6.07) is 0. The Balaban J connectivity index is 3.05. The van der Waals surface area contributed by atoms with E-state index in [2.05, 4.69) is 38.3 Å². The van der Waals surface area contributed by atoms with Gasteiger partial charge >= 0.3 is 0 Å².